The van der Waals surface area contributed by atoms with Crippen LogP contribution < -0.4 is 10.2 Å². The van der Waals surface area contributed by atoms with Crippen molar-refractivity contribution in [1.29, 1.82) is 5.26 Å². The first-order chi connectivity index (χ1) is 10.2. The van der Waals surface area contributed by atoms with Crippen molar-refractivity contribution in [2.45, 2.75) is 11.8 Å². The number of rotatable bonds is 5. The number of anilines is 3. The molecule has 0 heterocycles. The fourth-order valence-electron chi connectivity index (χ4n) is 2.02. The summed E-state index contributed by atoms with van der Waals surface area (Å²) >= 11 is 1.69. The maximum atomic E-state index is 9.41. The fourth-order valence-corrected chi connectivity index (χ4v) is 2.81. The summed E-state index contributed by atoms with van der Waals surface area (Å²) in [5, 5.41) is 12.7. The van der Waals surface area contributed by atoms with E-state index in [-0.39, 0.29) is 0 Å². The van der Waals surface area contributed by atoms with Crippen molar-refractivity contribution >= 4 is 28.8 Å². The molecule has 4 heteroatoms. The summed E-state index contributed by atoms with van der Waals surface area (Å²) in [5.74, 6) is 0.954. The molecule has 2 rings (SSSR count). The molecule has 21 heavy (non-hydrogen) atoms. The monoisotopic (exact) mass is 297 g/mol. The zero-order valence-corrected chi connectivity index (χ0v) is 13.4. The van der Waals surface area contributed by atoms with Crippen LogP contribution in [0.25, 0.3) is 0 Å². The lowest BCUT2D eigenvalue weighted by Crippen LogP contribution is -2.08. The molecule has 108 valence electrons. The molecule has 0 radical (unpaired) electrons. The Labute approximate surface area is 130 Å². The zero-order chi connectivity index (χ0) is 15.2. The summed E-state index contributed by atoms with van der Waals surface area (Å²) < 4.78 is 0. The highest BCUT2D eigenvalue weighted by atomic mass is 32.2. The van der Waals surface area contributed by atoms with E-state index in [1.807, 2.05) is 44.4 Å². The van der Waals surface area contributed by atoms with Crippen LogP contribution in [0.5, 0.6) is 0 Å². The number of hydrogen-bond acceptors (Lipinski definition) is 4. The van der Waals surface area contributed by atoms with E-state index >= 15 is 0 Å². The average Bonchev–Trinajstić information content (AvgIpc) is 2.48. The first-order valence-corrected chi connectivity index (χ1v) is 7.84. The first-order valence-electron chi connectivity index (χ1n) is 6.86. The molecule has 0 bridgehead atoms. The number of hydrogen-bond donors (Lipinski definition) is 1. The van der Waals surface area contributed by atoms with Gasteiger partial charge in [-0.3, -0.25) is 0 Å². The minimum atomic E-state index is 0.709. The third-order valence-electron chi connectivity index (χ3n) is 3.10. The highest BCUT2D eigenvalue weighted by molar-refractivity contribution is 7.99. The molecule has 0 atom stereocenters. The normalized spacial score (nSPS) is 10.0. The van der Waals surface area contributed by atoms with Gasteiger partial charge in [0.2, 0.25) is 0 Å². The molecule has 0 spiro atoms. The largest absolute Gasteiger partial charge is 0.378 e. The highest BCUT2D eigenvalue weighted by Gasteiger charge is 2.08. The molecule has 1 N–H and O–H groups in total. The van der Waals surface area contributed by atoms with Crippen molar-refractivity contribution in [2.75, 3.05) is 30.1 Å². The SMILES string of the molecule is CCSc1cccc(Nc2ccc(N(C)C)cc2)c1C#N. The molecule has 3 nitrogen and oxygen atoms in total. The van der Waals surface area contributed by atoms with Crippen LogP contribution in [0.15, 0.2) is 47.4 Å². The highest BCUT2D eigenvalue weighted by Crippen LogP contribution is 2.30. The van der Waals surface area contributed by atoms with Gasteiger partial charge in [-0.15, -0.1) is 11.8 Å². The van der Waals surface area contributed by atoms with Crippen LogP contribution in [0.2, 0.25) is 0 Å². The number of benzene rings is 2. The van der Waals surface area contributed by atoms with Gasteiger partial charge in [-0.25, -0.2) is 0 Å². The topological polar surface area (TPSA) is 39.1 Å². The molecule has 0 amide bonds. The summed E-state index contributed by atoms with van der Waals surface area (Å²) in [7, 11) is 4.03. The van der Waals surface area contributed by atoms with Crippen LogP contribution in [0.1, 0.15) is 12.5 Å². The van der Waals surface area contributed by atoms with Crippen molar-refractivity contribution in [3.05, 3.63) is 48.0 Å². The predicted octanol–water partition coefficient (Wildman–Crippen LogP) is 4.48. The maximum Gasteiger partial charge on any atom is 0.103 e. The molecule has 2 aromatic rings. The van der Waals surface area contributed by atoms with Gasteiger partial charge in [0.1, 0.15) is 6.07 Å². The fraction of sp³-hybridized carbons (Fsp3) is 0.235. The van der Waals surface area contributed by atoms with Gasteiger partial charge in [0.25, 0.3) is 0 Å². The Morgan fingerprint density at radius 3 is 2.43 bits per heavy atom. The van der Waals surface area contributed by atoms with Gasteiger partial charge in [-0.1, -0.05) is 13.0 Å². The lowest BCUT2D eigenvalue weighted by Gasteiger charge is -2.14. The Kier molecular flexibility index (Phi) is 5.13. The average molecular weight is 297 g/mol. The third-order valence-corrected chi connectivity index (χ3v) is 4.04. The van der Waals surface area contributed by atoms with E-state index in [1.54, 1.807) is 11.8 Å². The van der Waals surface area contributed by atoms with Crippen molar-refractivity contribution in [2.24, 2.45) is 0 Å². The Bertz CT molecular complexity index is 642. The molecule has 0 unspecified atom stereocenters. The Morgan fingerprint density at radius 1 is 1.14 bits per heavy atom. The van der Waals surface area contributed by atoms with E-state index < -0.39 is 0 Å². The van der Waals surface area contributed by atoms with Crippen molar-refractivity contribution < 1.29 is 0 Å². The molecule has 2 aromatic carbocycles. The maximum absolute atomic E-state index is 9.41. The predicted molar refractivity (Wildman–Crippen MR) is 91.6 cm³/mol. The van der Waals surface area contributed by atoms with Gasteiger partial charge in [0.15, 0.2) is 0 Å². The second-order valence-corrected chi connectivity index (χ2v) is 6.10. The van der Waals surface area contributed by atoms with Crippen LogP contribution in [0.3, 0.4) is 0 Å². The van der Waals surface area contributed by atoms with Gasteiger partial charge in [0, 0.05) is 30.4 Å². The molecule has 0 aromatic heterocycles. The van der Waals surface area contributed by atoms with Crippen molar-refractivity contribution in [1.82, 2.24) is 0 Å². The Balaban J connectivity index is 2.27. The molecule has 0 aliphatic heterocycles. The van der Waals surface area contributed by atoms with E-state index in [9.17, 15) is 5.26 Å². The summed E-state index contributed by atoms with van der Waals surface area (Å²) in [6, 6.07) is 16.4. The van der Waals surface area contributed by atoms with Gasteiger partial charge >= 0.3 is 0 Å². The van der Waals surface area contributed by atoms with E-state index in [1.165, 1.54) is 0 Å². The lowest BCUT2D eigenvalue weighted by atomic mass is 10.2. The number of nitriles is 1. The minimum absolute atomic E-state index is 0.709. The molecule has 0 saturated carbocycles. The van der Waals surface area contributed by atoms with Crippen LogP contribution in [0.4, 0.5) is 17.1 Å². The smallest absolute Gasteiger partial charge is 0.103 e. The summed E-state index contributed by atoms with van der Waals surface area (Å²) in [6.45, 7) is 2.09. The van der Waals surface area contributed by atoms with E-state index in [2.05, 4.69) is 35.3 Å². The molecular weight excluding hydrogens is 278 g/mol. The van der Waals surface area contributed by atoms with Gasteiger partial charge in [0.05, 0.1) is 11.3 Å². The molecule has 0 fully saturated rings. The van der Waals surface area contributed by atoms with Gasteiger partial charge in [-0.2, -0.15) is 5.26 Å². The standard InChI is InChI=1S/C17H19N3S/c1-4-21-17-7-5-6-16(15(17)12-18)19-13-8-10-14(11-9-13)20(2)3/h5-11,19H,4H2,1-3H3. The first kappa shape index (κ1) is 15.3. The van der Waals surface area contributed by atoms with E-state index in [4.69, 9.17) is 0 Å². The van der Waals surface area contributed by atoms with Crippen LogP contribution >= 0.6 is 11.8 Å². The van der Waals surface area contributed by atoms with E-state index in [0.29, 0.717) is 5.56 Å². The molecule has 0 aliphatic carbocycles. The zero-order valence-electron chi connectivity index (χ0n) is 12.6. The van der Waals surface area contributed by atoms with Crippen LogP contribution in [-0.4, -0.2) is 19.8 Å². The summed E-state index contributed by atoms with van der Waals surface area (Å²) in [4.78, 5) is 3.08. The van der Waals surface area contributed by atoms with Gasteiger partial charge < -0.3 is 10.2 Å². The quantitative estimate of drug-likeness (QED) is 0.826. The number of nitrogens with one attached hydrogen (secondary N) is 1. The Morgan fingerprint density at radius 2 is 1.86 bits per heavy atom. The Hall–Kier alpha value is -2.12. The van der Waals surface area contributed by atoms with E-state index in [0.717, 1.165) is 27.7 Å². The van der Waals surface area contributed by atoms with Gasteiger partial charge in [-0.05, 0) is 42.2 Å². The number of nitrogens with zero attached hydrogens (tertiary/aromatic N) is 2. The number of thioether (sulfide) groups is 1. The second-order valence-electron chi connectivity index (χ2n) is 4.79. The molecule has 0 aliphatic rings. The van der Waals surface area contributed by atoms with Crippen molar-refractivity contribution in [3.8, 4) is 6.07 Å². The second kappa shape index (κ2) is 7.05. The third kappa shape index (κ3) is 3.71. The summed E-state index contributed by atoms with van der Waals surface area (Å²) in [6.07, 6.45) is 0. The van der Waals surface area contributed by atoms with Crippen molar-refractivity contribution in [3.63, 3.8) is 0 Å². The summed E-state index contributed by atoms with van der Waals surface area (Å²) in [5.41, 5.74) is 3.70. The lowest BCUT2D eigenvalue weighted by molar-refractivity contribution is 1.13. The van der Waals surface area contributed by atoms with Crippen LogP contribution in [-0.2, 0) is 0 Å². The molecule has 0 saturated heterocycles. The molecular formula is C17H19N3S. The minimum Gasteiger partial charge on any atom is -0.378 e. The van der Waals surface area contributed by atoms with Crippen LogP contribution in [0, 0.1) is 11.3 Å².